The van der Waals surface area contributed by atoms with E-state index in [1.165, 1.54) is 43.4 Å². The van der Waals surface area contributed by atoms with Gasteiger partial charge in [0.2, 0.25) is 0 Å². The van der Waals surface area contributed by atoms with Crippen LogP contribution < -0.4 is 0 Å². The molecule has 4 nitrogen and oxygen atoms in total. The Balaban J connectivity index is 1.00. The van der Waals surface area contributed by atoms with Crippen LogP contribution in [0, 0.1) is 0 Å². The van der Waals surface area contributed by atoms with Gasteiger partial charge in [-0.25, -0.2) is 15.0 Å². The van der Waals surface area contributed by atoms with Crippen LogP contribution in [-0.4, -0.2) is 15.0 Å². The maximum atomic E-state index is 6.44. The van der Waals surface area contributed by atoms with Gasteiger partial charge < -0.3 is 4.42 Å². The van der Waals surface area contributed by atoms with Gasteiger partial charge in [-0.05, 0) is 91.0 Å². The standard InChI is InChI=1S/C51H31N3O/c1-3-11-34(12-4-1)49-52-50(35-13-5-2-6-14-35)54-51(53-49)43-16-9-17-47-48(43)45-31-41(26-27-46(45)55-47)39-25-23-36-28-38(24-22-37(36)29-39)40-21-20-33-19-18-32-10-7-8-15-42(32)44(33)30-40/h1-31H. The number of rotatable bonds is 5. The predicted molar refractivity (Wildman–Crippen MR) is 227 cm³/mol. The van der Waals surface area contributed by atoms with Crippen molar-refractivity contribution in [3.05, 3.63) is 188 Å². The fourth-order valence-electron chi connectivity index (χ4n) is 7.91. The molecule has 0 radical (unpaired) electrons. The average Bonchev–Trinajstić information content (AvgIpc) is 3.64. The van der Waals surface area contributed by atoms with E-state index in [2.05, 4.69) is 115 Å². The van der Waals surface area contributed by atoms with E-state index in [0.717, 1.165) is 49.8 Å². The molecule has 9 aromatic carbocycles. The van der Waals surface area contributed by atoms with Crippen LogP contribution in [0.3, 0.4) is 0 Å². The van der Waals surface area contributed by atoms with Gasteiger partial charge in [-0.1, -0.05) is 152 Å². The smallest absolute Gasteiger partial charge is 0.164 e. The summed E-state index contributed by atoms with van der Waals surface area (Å²) < 4.78 is 6.44. The SMILES string of the molecule is c1ccc(-c2nc(-c3ccccc3)nc(-c3cccc4oc5ccc(-c6ccc7cc(-c8ccc9ccc%10ccccc%10c9c8)ccc7c6)cc5c34)n2)cc1. The zero-order chi connectivity index (χ0) is 36.3. The molecule has 0 saturated carbocycles. The highest BCUT2D eigenvalue weighted by atomic mass is 16.3. The average molecular weight is 702 g/mol. The summed E-state index contributed by atoms with van der Waals surface area (Å²) in [6.07, 6.45) is 0. The first kappa shape index (κ1) is 31.1. The van der Waals surface area contributed by atoms with Gasteiger partial charge in [0.15, 0.2) is 17.5 Å². The van der Waals surface area contributed by atoms with Crippen molar-refractivity contribution >= 4 is 54.3 Å². The molecule has 11 rings (SSSR count). The van der Waals surface area contributed by atoms with Crippen molar-refractivity contribution in [3.63, 3.8) is 0 Å². The maximum absolute atomic E-state index is 6.44. The Labute approximate surface area is 317 Å². The van der Waals surface area contributed by atoms with Crippen molar-refractivity contribution in [3.8, 4) is 56.4 Å². The zero-order valence-corrected chi connectivity index (χ0v) is 29.6. The quantitative estimate of drug-likeness (QED) is 0.168. The van der Waals surface area contributed by atoms with Crippen LogP contribution in [0.5, 0.6) is 0 Å². The van der Waals surface area contributed by atoms with E-state index >= 15 is 0 Å². The molecule has 55 heavy (non-hydrogen) atoms. The summed E-state index contributed by atoms with van der Waals surface area (Å²) in [5.41, 5.74) is 9.06. The highest BCUT2D eigenvalue weighted by Crippen LogP contribution is 2.39. The fourth-order valence-corrected chi connectivity index (χ4v) is 7.91. The van der Waals surface area contributed by atoms with Gasteiger partial charge in [0.05, 0.1) is 0 Å². The molecule has 11 aromatic rings. The van der Waals surface area contributed by atoms with E-state index in [0.29, 0.717) is 17.5 Å². The fraction of sp³-hybridized carbons (Fsp3) is 0. The number of hydrogen-bond donors (Lipinski definition) is 0. The number of hydrogen-bond acceptors (Lipinski definition) is 4. The maximum Gasteiger partial charge on any atom is 0.164 e. The number of furan rings is 1. The molecular weight excluding hydrogens is 671 g/mol. The van der Waals surface area contributed by atoms with Gasteiger partial charge in [-0.2, -0.15) is 0 Å². The third-order valence-corrected chi connectivity index (χ3v) is 10.7. The molecule has 0 aliphatic heterocycles. The minimum atomic E-state index is 0.604. The van der Waals surface area contributed by atoms with Crippen LogP contribution in [-0.2, 0) is 0 Å². The van der Waals surface area contributed by atoms with Crippen LogP contribution in [0.15, 0.2) is 192 Å². The third-order valence-electron chi connectivity index (χ3n) is 10.7. The van der Waals surface area contributed by atoms with Gasteiger partial charge >= 0.3 is 0 Å². The molecule has 0 bridgehead atoms. The van der Waals surface area contributed by atoms with E-state index < -0.39 is 0 Å². The first-order valence-corrected chi connectivity index (χ1v) is 18.5. The zero-order valence-electron chi connectivity index (χ0n) is 29.6. The summed E-state index contributed by atoms with van der Waals surface area (Å²) in [6.45, 7) is 0. The Morgan fingerprint density at radius 1 is 0.291 bits per heavy atom. The molecule has 0 N–H and O–H groups in total. The molecule has 0 fully saturated rings. The second-order valence-corrected chi connectivity index (χ2v) is 14.0. The Morgan fingerprint density at radius 2 is 0.800 bits per heavy atom. The monoisotopic (exact) mass is 701 g/mol. The van der Waals surface area contributed by atoms with Crippen LogP contribution in [0.1, 0.15) is 0 Å². The lowest BCUT2D eigenvalue weighted by atomic mass is 9.94. The molecule has 0 saturated heterocycles. The molecule has 2 heterocycles. The van der Waals surface area contributed by atoms with E-state index in [9.17, 15) is 0 Å². The molecular formula is C51H31N3O. The molecule has 0 spiro atoms. The van der Waals surface area contributed by atoms with E-state index in [1.54, 1.807) is 0 Å². The lowest BCUT2D eigenvalue weighted by Gasteiger charge is -2.10. The van der Waals surface area contributed by atoms with Crippen LogP contribution in [0.25, 0.3) is 111 Å². The van der Waals surface area contributed by atoms with Gasteiger partial charge in [0.1, 0.15) is 11.2 Å². The normalized spacial score (nSPS) is 11.6. The van der Waals surface area contributed by atoms with Crippen molar-refractivity contribution in [2.24, 2.45) is 0 Å². The summed E-state index contributed by atoms with van der Waals surface area (Å²) in [5.74, 6) is 1.86. The number of benzene rings is 9. The van der Waals surface area contributed by atoms with Crippen molar-refractivity contribution < 1.29 is 4.42 Å². The van der Waals surface area contributed by atoms with Gasteiger partial charge in [0, 0.05) is 27.5 Å². The summed E-state index contributed by atoms with van der Waals surface area (Å²) in [6, 6.07) is 66.0. The van der Waals surface area contributed by atoms with Crippen molar-refractivity contribution in [2.45, 2.75) is 0 Å². The van der Waals surface area contributed by atoms with Gasteiger partial charge in [-0.15, -0.1) is 0 Å². The van der Waals surface area contributed by atoms with Gasteiger partial charge in [-0.3, -0.25) is 0 Å². The number of aromatic nitrogens is 3. The lowest BCUT2D eigenvalue weighted by Crippen LogP contribution is -2.00. The molecule has 0 aliphatic rings. The first-order chi connectivity index (χ1) is 27.2. The van der Waals surface area contributed by atoms with E-state index in [4.69, 9.17) is 19.4 Å². The van der Waals surface area contributed by atoms with Crippen LogP contribution in [0.2, 0.25) is 0 Å². The number of fused-ring (bicyclic) bond motifs is 7. The molecule has 256 valence electrons. The summed E-state index contributed by atoms with van der Waals surface area (Å²) in [5, 5.41) is 9.47. The minimum Gasteiger partial charge on any atom is -0.456 e. The van der Waals surface area contributed by atoms with Crippen molar-refractivity contribution in [2.75, 3.05) is 0 Å². The molecule has 0 amide bonds. The Morgan fingerprint density at radius 3 is 1.47 bits per heavy atom. The second-order valence-electron chi connectivity index (χ2n) is 14.0. The highest BCUT2D eigenvalue weighted by molar-refractivity contribution is 6.13. The van der Waals surface area contributed by atoms with Crippen molar-refractivity contribution in [1.82, 2.24) is 15.0 Å². The first-order valence-electron chi connectivity index (χ1n) is 18.5. The van der Waals surface area contributed by atoms with E-state index in [1.807, 2.05) is 72.8 Å². The Bertz CT molecular complexity index is 3200. The van der Waals surface area contributed by atoms with Crippen molar-refractivity contribution in [1.29, 1.82) is 0 Å². The second kappa shape index (κ2) is 12.6. The Kier molecular flexibility index (Phi) is 7.14. The molecule has 0 unspecified atom stereocenters. The number of nitrogens with zero attached hydrogens (tertiary/aromatic N) is 3. The van der Waals surface area contributed by atoms with E-state index in [-0.39, 0.29) is 0 Å². The molecule has 4 heteroatoms. The topological polar surface area (TPSA) is 51.8 Å². The molecule has 0 aliphatic carbocycles. The van der Waals surface area contributed by atoms with Crippen LogP contribution >= 0.6 is 0 Å². The van der Waals surface area contributed by atoms with Crippen LogP contribution in [0.4, 0.5) is 0 Å². The Hall–Kier alpha value is -7.43. The predicted octanol–water partition coefficient (Wildman–Crippen LogP) is 13.6. The third kappa shape index (κ3) is 5.43. The summed E-state index contributed by atoms with van der Waals surface area (Å²) in [7, 11) is 0. The highest BCUT2D eigenvalue weighted by Gasteiger charge is 2.18. The largest absolute Gasteiger partial charge is 0.456 e. The lowest BCUT2D eigenvalue weighted by molar-refractivity contribution is 0.669. The summed E-state index contributed by atoms with van der Waals surface area (Å²) >= 11 is 0. The molecule has 0 atom stereocenters. The molecule has 2 aromatic heterocycles. The summed E-state index contributed by atoms with van der Waals surface area (Å²) in [4.78, 5) is 15.0. The minimum absolute atomic E-state index is 0.604. The van der Waals surface area contributed by atoms with Gasteiger partial charge in [0.25, 0.3) is 0 Å².